The van der Waals surface area contributed by atoms with E-state index in [9.17, 15) is 9.90 Å². The molecule has 2 rings (SSSR count). The van der Waals surface area contributed by atoms with Gasteiger partial charge in [0.1, 0.15) is 12.4 Å². The van der Waals surface area contributed by atoms with Crippen molar-refractivity contribution >= 4 is 5.97 Å². The Labute approximate surface area is 187 Å². The molecule has 0 saturated carbocycles. The number of benzene rings is 2. The fourth-order valence-electron chi connectivity index (χ4n) is 4.06. The van der Waals surface area contributed by atoms with Crippen LogP contribution in [0.25, 0.3) is 0 Å². The van der Waals surface area contributed by atoms with Crippen LogP contribution in [0.2, 0.25) is 0 Å². The van der Waals surface area contributed by atoms with Crippen LogP contribution >= 0.6 is 0 Å². The van der Waals surface area contributed by atoms with E-state index in [-0.39, 0.29) is 23.4 Å². The molecule has 0 aromatic heterocycles. The van der Waals surface area contributed by atoms with Gasteiger partial charge in [-0.3, -0.25) is 0 Å². The van der Waals surface area contributed by atoms with Gasteiger partial charge >= 0.3 is 5.97 Å². The third-order valence-corrected chi connectivity index (χ3v) is 6.52. The van der Waals surface area contributed by atoms with Gasteiger partial charge in [-0.05, 0) is 66.5 Å². The highest BCUT2D eigenvalue weighted by Gasteiger charge is 2.32. The van der Waals surface area contributed by atoms with Gasteiger partial charge in [-0.1, -0.05) is 58.9 Å². The zero-order valence-corrected chi connectivity index (χ0v) is 20.3. The van der Waals surface area contributed by atoms with E-state index in [1.165, 1.54) is 18.2 Å². The number of carbonyl (C=O) groups is 1. The van der Waals surface area contributed by atoms with Gasteiger partial charge in [0.15, 0.2) is 0 Å². The molecule has 1 unspecified atom stereocenters. The summed E-state index contributed by atoms with van der Waals surface area (Å²) in [5.41, 5.74) is 4.61. The number of carbonyl (C=O) groups excluding carboxylic acids is 1. The Morgan fingerprint density at radius 1 is 0.968 bits per heavy atom. The van der Waals surface area contributed by atoms with Gasteiger partial charge in [0.05, 0.1) is 18.8 Å². The third kappa shape index (κ3) is 5.30. The standard InChI is InChI=1S/C27H38O4/c1-9-27(10-2,20-11-13-22(18(3)15-20)25(29)30-8)21-12-14-23(19(4)16-21)31-17-24(28)26(5,6)7/h11-16,24,28H,9-10,17H2,1-8H3. The summed E-state index contributed by atoms with van der Waals surface area (Å²) in [6, 6.07) is 12.4. The fraction of sp³-hybridized carbons (Fsp3) is 0.519. The summed E-state index contributed by atoms with van der Waals surface area (Å²) >= 11 is 0. The van der Waals surface area contributed by atoms with Crippen molar-refractivity contribution in [1.29, 1.82) is 0 Å². The van der Waals surface area contributed by atoms with Crippen molar-refractivity contribution in [2.24, 2.45) is 5.41 Å². The maximum absolute atomic E-state index is 12.0. The third-order valence-electron chi connectivity index (χ3n) is 6.52. The van der Waals surface area contributed by atoms with Crippen molar-refractivity contribution in [3.63, 3.8) is 0 Å². The number of rotatable bonds is 8. The number of hydrogen-bond acceptors (Lipinski definition) is 4. The molecule has 0 saturated heterocycles. The first kappa shape index (κ1) is 24.9. The highest BCUT2D eigenvalue weighted by Crippen LogP contribution is 2.41. The summed E-state index contributed by atoms with van der Waals surface area (Å²) < 4.78 is 10.8. The molecule has 0 bridgehead atoms. The topological polar surface area (TPSA) is 55.8 Å². The second kappa shape index (κ2) is 9.86. The molecule has 0 aliphatic heterocycles. The molecule has 4 nitrogen and oxygen atoms in total. The molecule has 31 heavy (non-hydrogen) atoms. The summed E-state index contributed by atoms with van der Waals surface area (Å²) in [6.07, 6.45) is 1.33. The molecule has 0 fully saturated rings. The normalized spacial score (nSPS) is 13.1. The zero-order chi connectivity index (χ0) is 23.4. The van der Waals surface area contributed by atoms with E-state index in [0.717, 1.165) is 29.7 Å². The van der Waals surface area contributed by atoms with Crippen molar-refractivity contribution in [2.75, 3.05) is 13.7 Å². The van der Waals surface area contributed by atoms with Gasteiger partial charge < -0.3 is 14.6 Å². The van der Waals surface area contributed by atoms with Gasteiger partial charge in [0, 0.05) is 5.41 Å². The molecule has 2 aromatic rings. The first-order valence-corrected chi connectivity index (χ1v) is 11.1. The van der Waals surface area contributed by atoms with Crippen molar-refractivity contribution in [3.8, 4) is 5.75 Å². The molecule has 1 atom stereocenters. The van der Waals surface area contributed by atoms with Crippen LogP contribution in [-0.4, -0.2) is 30.9 Å². The van der Waals surface area contributed by atoms with Crippen LogP contribution in [0.4, 0.5) is 0 Å². The quantitative estimate of drug-likeness (QED) is 0.527. The Morgan fingerprint density at radius 2 is 1.52 bits per heavy atom. The fourth-order valence-corrected chi connectivity index (χ4v) is 4.06. The Morgan fingerprint density at radius 3 is 1.97 bits per heavy atom. The van der Waals surface area contributed by atoms with Crippen LogP contribution in [0, 0.1) is 19.3 Å². The number of esters is 1. The number of aliphatic hydroxyl groups is 1. The van der Waals surface area contributed by atoms with Crippen LogP contribution in [-0.2, 0) is 10.2 Å². The van der Waals surface area contributed by atoms with Crippen molar-refractivity contribution in [2.45, 2.75) is 72.8 Å². The summed E-state index contributed by atoms with van der Waals surface area (Å²) in [5, 5.41) is 10.3. The average molecular weight is 427 g/mol. The predicted molar refractivity (Wildman–Crippen MR) is 126 cm³/mol. The number of aliphatic hydroxyl groups excluding tert-OH is 1. The molecule has 0 radical (unpaired) electrons. The highest BCUT2D eigenvalue weighted by molar-refractivity contribution is 5.91. The highest BCUT2D eigenvalue weighted by atomic mass is 16.5. The SMILES string of the molecule is CCC(CC)(c1ccc(OCC(O)C(C)(C)C)c(C)c1)c1ccc(C(=O)OC)c(C)c1. The first-order chi connectivity index (χ1) is 14.5. The van der Waals surface area contributed by atoms with Crippen molar-refractivity contribution in [3.05, 3.63) is 64.2 Å². The van der Waals surface area contributed by atoms with E-state index >= 15 is 0 Å². The van der Waals surface area contributed by atoms with E-state index in [4.69, 9.17) is 9.47 Å². The van der Waals surface area contributed by atoms with Crippen molar-refractivity contribution < 1.29 is 19.4 Å². The maximum atomic E-state index is 12.0. The second-order valence-electron chi connectivity index (χ2n) is 9.48. The number of hydrogen-bond donors (Lipinski definition) is 1. The number of ether oxygens (including phenoxy) is 2. The monoisotopic (exact) mass is 426 g/mol. The van der Waals surface area contributed by atoms with Gasteiger partial charge in [-0.15, -0.1) is 0 Å². The molecular weight excluding hydrogens is 388 g/mol. The lowest BCUT2D eigenvalue weighted by Gasteiger charge is -2.34. The van der Waals surface area contributed by atoms with Crippen LogP contribution < -0.4 is 4.74 Å². The minimum atomic E-state index is -0.534. The smallest absolute Gasteiger partial charge is 0.338 e. The van der Waals surface area contributed by atoms with E-state index in [2.05, 4.69) is 32.0 Å². The summed E-state index contributed by atoms with van der Waals surface area (Å²) in [4.78, 5) is 12.0. The van der Waals surface area contributed by atoms with E-state index in [1.807, 2.05) is 52.8 Å². The Balaban J connectivity index is 2.40. The van der Waals surface area contributed by atoms with Crippen LogP contribution in [0.1, 0.15) is 80.1 Å². The van der Waals surface area contributed by atoms with Gasteiger partial charge in [-0.25, -0.2) is 4.79 Å². The van der Waals surface area contributed by atoms with Crippen LogP contribution in [0.3, 0.4) is 0 Å². The Kier molecular flexibility index (Phi) is 7.93. The van der Waals surface area contributed by atoms with E-state index < -0.39 is 6.10 Å². The van der Waals surface area contributed by atoms with E-state index in [0.29, 0.717) is 5.56 Å². The van der Waals surface area contributed by atoms with Gasteiger partial charge in [0.2, 0.25) is 0 Å². The van der Waals surface area contributed by atoms with Gasteiger partial charge in [-0.2, -0.15) is 0 Å². The number of aryl methyl sites for hydroxylation is 2. The lowest BCUT2D eigenvalue weighted by atomic mass is 9.70. The zero-order valence-electron chi connectivity index (χ0n) is 20.3. The Hall–Kier alpha value is -2.33. The molecule has 0 aliphatic rings. The summed E-state index contributed by atoms with van der Waals surface area (Å²) in [5.74, 6) is 0.489. The minimum Gasteiger partial charge on any atom is -0.491 e. The van der Waals surface area contributed by atoms with Crippen molar-refractivity contribution in [1.82, 2.24) is 0 Å². The lowest BCUT2D eigenvalue weighted by molar-refractivity contribution is 0.0216. The first-order valence-electron chi connectivity index (χ1n) is 11.1. The maximum Gasteiger partial charge on any atom is 0.338 e. The molecule has 4 heteroatoms. The molecule has 0 heterocycles. The van der Waals surface area contributed by atoms with Crippen LogP contribution in [0.15, 0.2) is 36.4 Å². The molecule has 0 aliphatic carbocycles. The average Bonchev–Trinajstić information content (AvgIpc) is 2.73. The van der Waals surface area contributed by atoms with Crippen LogP contribution in [0.5, 0.6) is 5.75 Å². The molecule has 0 spiro atoms. The predicted octanol–water partition coefficient (Wildman–Crippen LogP) is 5.98. The summed E-state index contributed by atoms with van der Waals surface area (Å²) in [6.45, 7) is 14.7. The molecule has 0 amide bonds. The molecular formula is C27H38O4. The minimum absolute atomic E-state index is 0.159. The summed E-state index contributed by atoms with van der Waals surface area (Å²) in [7, 11) is 1.41. The van der Waals surface area contributed by atoms with E-state index in [1.54, 1.807) is 0 Å². The van der Waals surface area contributed by atoms with Gasteiger partial charge in [0.25, 0.3) is 0 Å². The molecule has 2 aromatic carbocycles. The lowest BCUT2D eigenvalue weighted by Crippen LogP contribution is -2.32. The molecule has 170 valence electrons. The Bertz CT molecular complexity index is 904. The number of methoxy groups -OCH3 is 1. The largest absolute Gasteiger partial charge is 0.491 e. The second-order valence-corrected chi connectivity index (χ2v) is 9.48. The molecule has 1 N–H and O–H groups in total.